The average molecular weight is 372 g/mol. The number of hydrogen-bond acceptors (Lipinski definition) is 7. The number of hydrogen-bond donors (Lipinski definition) is 1. The van der Waals surface area contributed by atoms with Gasteiger partial charge in [-0.1, -0.05) is 12.1 Å². The van der Waals surface area contributed by atoms with E-state index in [0.29, 0.717) is 28.4 Å². The minimum absolute atomic E-state index is 0.0482. The fourth-order valence-electron chi connectivity index (χ4n) is 3.06. The van der Waals surface area contributed by atoms with E-state index in [-0.39, 0.29) is 19.6 Å². The maximum Gasteiger partial charge on any atom is 0.414 e. The molecule has 0 aromatic carbocycles. The molecule has 0 radical (unpaired) electrons. The number of aromatic nitrogens is 5. The number of carbonyl (C=O) groups excluding carboxylic acids is 1. The zero-order valence-electron chi connectivity index (χ0n) is 14.5. The summed E-state index contributed by atoms with van der Waals surface area (Å²) in [6.45, 7) is -0.0350. The fourth-order valence-corrected chi connectivity index (χ4v) is 3.06. The number of allylic oxidation sites excluding steroid dienone is 4. The zero-order chi connectivity index (χ0) is 19.0. The molecule has 0 spiro atoms. The molecule has 4 rings (SSSR count). The van der Waals surface area contributed by atoms with E-state index in [1.54, 1.807) is 37.5 Å². The van der Waals surface area contributed by atoms with Crippen LogP contribution in [0.3, 0.4) is 0 Å². The molecule has 1 N–H and O–H groups in total. The smallest absolute Gasteiger partial charge is 0.414 e. The third kappa shape index (κ3) is 3.31. The van der Waals surface area contributed by atoms with Crippen LogP contribution in [-0.2, 0) is 11.8 Å². The SMILES string of the molecule is Cn1nnc(-c2ccc(C3=CC=C(N4C[C@H](CO)OC4=O)CC3F)cn2)n1. The second kappa shape index (κ2) is 6.88. The van der Waals surface area contributed by atoms with Gasteiger partial charge in [-0.15, -0.1) is 10.2 Å². The number of alkyl halides is 1. The van der Waals surface area contributed by atoms with E-state index in [0.717, 1.165) is 0 Å². The van der Waals surface area contributed by atoms with Gasteiger partial charge in [0.2, 0.25) is 5.82 Å². The van der Waals surface area contributed by atoms with Crippen molar-refractivity contribution in [3.05, 3.63) is 41.7 Å². The first-order valence-electron chi connectivity index (χ1n) is 8.40. The lowest BCUT2D eigenvalue weighted by Crippen LogP contribution is -2.28. The van der Waals surface area contributed by atoms with Crippen molar-refractivity contribution in [3.63, 3.8) is 0 Å². The van der Waals surface area contributed by atoms with Crippen LogP contribution in [-0.4, -0.2) is 66.7 Å². The molecule has 10 heteroatoms. The lowest BCUT2D eigenvalue weighted by molar-refractivity contribution is 0.0951. The summed E-state index contributed by atoms with van der Waals surface area (Å²) in [5.74, 6) is 0.395. The van der Waals surface area contributed by atoms with Gasteiger partial charge in [-0.25, -0.2) is 9.18 Å². The molecular formula is C17H17FN6O3. The summed E-state index contributed by atoms with van der Waals surface area (Å²) < 4.78 is 19.8. The number of ether oxygens (including phenoxy) is 1. The molecule has 9 nitrogen and oxygen atoms in total. The number of cyclic esters (lactones) is 1. The number of halogens is 1. The number of tetrazole rings is 1. The summed E-state index contributed by atoms with van der Waals surface area (Å²) in [7, 11) is 1.66. The highest BCUT2D eigenvalue weighted by Crippen LogP contribution is 2.32. The van der Waals surface area contributed by atoms with Gasteiger partial charge in [-0.3, -0.25) is 9.88 Å². The molecule has 2 aromatic heterocycles. The zero-order valence-corrected chi connectivity index (χ0v) is 14.5. The second-order valence-electron chi connectivity index (χ2n) is 6.29. The Morgan fingerprint density at radius 3 is 2.81 bits per heavy atom. The highest BCUT2D eigenvalue weighted by atomic mass is 19.1. The molecule has 140 valence electrons. The van der Waals surface area contributed by atoms with Crippen molar-refractivity contribution in [2.45, 2.75) is 18.7 Å². The van der Waals surface area contributed by atoms with Crippen molar-refractivity contribution < 1.29 is 19.0 Å². The van der Waals surface area contributed by atoms with Gasteiger partial charge < -0.3 is 9.84 Å². The highest BCUT2D eigenvalue weighted by molar-refractivity contribution is 5.76. The van der Waals surface area contributed by atoms with Crippen molar-refractivity contribution in [2.75, 3.05) is 13.2 Å². The summed E-state index contributed by atoms with van der Waals surface area (Å²) in [5.41, 5.74) is 2.20. The van der Waals surface area contributed by atoms with Gasteiger partial charge in [0.05, 0.1) is 20.2 Å². The highest BCUT2D eigenvalue weighted by Gasteiger charge is 2.35. The predicted molar refractivity (Wildman–Crippen MR) is 91.7 cm³/mol. The van der Waals surface area contributed by atoms with E-state index in [2.05, 4.69) is 20.4 Å². The second-order valence-corrected chi connectivity index (χ2v) is 6.29. The van der Waals surface area contributed by atoms with Crippen molar-refractivity contribution in [2.24, 2.45) is 7.05 Å². The number of amides is 1. The van der Waals surface area contributed by atoms with Crippen LogP contribution in [0.15, 0.2) is 36.2 Å². The molecule has 2 atom stereocenters. The van der Waals surface area contributed by atoms with Crippen molar-refractivity contribution in [1.82, 2.24) is 30.1 Å². The van der Waals surface area contributed by atoms with E-state index in [1.807, 2.05) is 0 Å². The standard InChI is InChI=1S/C17H17FN6O3/c1-23-21-16(20-22-23)15-5-2-10(7-19-15)13-4-3-11(6-14(13)18)24-8-12(9-25)27-17(24)26/h2-5,7,12,14,25H,6,8-9H2,1H3/t12-,14?/m1/s1. The molecule has 1 aliphatic heterocycles. The van der Waals surface area contributed by atoms with E-state index in [1.165, 1.54) is 9.70 Å². The largest absolute Gasteiger partial charge is 0.441 e. The van der Waals surface area contributed by atoms with E-state index < -0.39 is 18.4 Å². The first kappa shape index (κ1) is 17.3. The lowest BCUT2D eigenvalue weighted by atomic mass is 9.94. The van der Waals surface area contributed by atoms with Gasteiger partial charge in [-0.05, 0) is 28.5 Å². The molecule has 3 heterocycles. The van der Waals surface area contributed by atoms with Crippen LogP contribution in [0.4, 0.5) is 9.18 Å². The Bertz CT molecular complexity index is 923. The number of carbonyl (C=O) groups is 1. The first-order valence-corrected chi connectivity index (χ1v) is 8.40. The van der Waals surface area contributed by atoms with Gasteiger partial charge in [0.25, 0.3) is 0 Å². The van der Waals surface area contributed by atoms with Crippen molar-refractivity contribution >= 4 is 11.7 Å². The number of nitrogens with zero attached hydrogens (tertiary/aromatic N) is 6. The fraction of sp³-hybridized carbons (Fsp3) is 0.353. The number of aliphatic hydroxyl groups excluding tert-OH is 1. The lowest BCUT2D eigenvalue weighted by Gasteiger charge is -2.24. The Hall–Kier alpha value is -3.14. The third-order valence-electron chi connectivity index (χ3n) is 4.44. The van der Waals surface area contributed by atoms with Crippen LogP contribution in [0.2, 0.25) is 0 Å². The summed E-state index contributed by atoms with van der Waals surface area (Å²) in [4.78, 5) is 18.8. The van der Waals surface area contributed by atoms with Crippen LogP contribution >= 0.6 is 0 Å². The molecule has 1 unspecified atom stereocenters. The van der Waals surface area contributed by atoms with Crippen molar-refractivity contribution in [3.8, 4) is 11.5 Å². The first-order chi connectivity index (χ1) is 13.0. The minimum atomic E-state index is -1.28. The van der Waals surface area contributed by atoms with Gasteiger partial charge in [0.1, 0.15) is 18.0 Å². The Labute approximate surface area is 153 Å². The Balaban J connectivity index is 1.55. The summed E-state index contributed by atoms with van der Waals surface area (Å²) in [6.07, 6.45) is 2.53. The molecule has 1 fully saturated rings. The Kier molecular flexibility index (Phi) is 4.40. The summed E-state index contributed by atoms with van der Waals surface area (Å²) in [6, 6.07) is 3.46. The number of aryl methyl sites for hydroxylation is 1. The summed E-state index contributed by atoms with van der Waals surface area (Å²) >= 11 is 0. The maximum absolute atomic E-state index is 14.8. The van der Waals surface area contributed by atoms with Crippen LogP contribution in [0, 0.1) is 0 Å². The monoisotopic (exact) mass is 372 g/mol. The Morgan fingerprint density at radius 1 is 1.37 bits per heavy atom. The Morgan fingerprint density at radius 2 is 2.22 bits per heavy atom. The van der Waals surface area contributed by atoms with E-state index in [9.17, 15) is 9.18 Å². The molecular weight excluding hydrogens is 355 g/mol. The quantitative estimate of drug-likeness (QED) is 0.856. The molecule has 1 aliphatic carbocycles. The average Bonchev–Trinajstić information content (AvgIpc) is 3.27. The van der Waals surface area contributed by atoms with Crippen LogP contribution in [0.5, 0.6) is 0 Å². The normalized spacial score (nSPS) is 22.5. The minimum Gasteiger partial charge on any atom is -0.441 e. The maximum atomic E-state index is 14.8. The summed E-state index contributed by atoms with van der Waals surface area (Å²) in [5, 5.41) is 20.8. The number of rotatable bonds is 4. The molecule has 0 bridgehead atoms. The van der Waals surface area contributed by atoms with Gasteiger partial charge >= 0.3 is 6.09 Å². The van der Waals surface area contributed by atoms with Crippen LogP contribution in [0.1, 0.15) is 12.0 Å². The molecule has 1 saturated heterocycles. The van der Waals surface area contributed by atoms with Gasteiger partial charge in [-0.2, -0.15) is 4.80 Å². The van der Waals surface area contributed by atoms with Gasteiger partial charge in [0.15, 0.2) is 0 Å². The molecule has 1 amide bonds. The van der Waals surface area contributed by atoms with Crippen LogP contribution < -0.4 is 0 Å². The van der Waals surface area contributed by atoms with Crippen molar-refractivity contribution in [1.29, 1.82) is 0 Å². The van der Waals surface area contributed by atoms with E-state index in [4.69, 9.17) is 9.84 Å². The topological polar surface area (TPSA) is 106 Å². The number of pyridine rings is 1. The molecule has 27 heavy (non-hydrogen) atoms. The molecule has 2 aliphatic rings. The van der Waals surface area contributed by atoms with E-state index >= 15 is 0 Å². The third-order valence-corrected chi connectivity index (χ3v) is 4.44. The van der Waals surface area contributed by atoms with Crippen LogP contribution in [0.25, 0.3) is 17.1 Å². The number of aliphatic hydroxyl groups is 1. The van der Waals surface area contributed by atoms with Gasteiger partial charge in [0, 0.05) is 18.3 Å². The predicted octanol–water partition coefficient (Wildman–Crippen LogP) is 1.09. The molecule has 2 aromatic rings. The molecule has 0 saturated carbocycles.